The average Bonchev–Trinajstić information content (AvgIpc) is 2.56. The predicted molar refractivity (Wildman–Crippen MR) is 56.3 cm³/mol. The molecule has 0 aliphatic carbocycles. The molecule has 0 aromatic carbocycles. The summed E-state index contributed by atoms with van der Waals surface area (Å²) in [4.78, 5) is 0. The Morgan fingerprint density at radius 1 is 1.44 bits per heavy atom. The smallest absolute Gasteiger partial charge is 0.304 e. The van der Waals surface area contributed by atoms with Gasteiger partial charge in [0.2, 0.25) is 0 Å². The summed E-state index contributed by atoms with van der Waals surface area (Å²) in [7, 11) is -4.49. The van der Waals surface area contributed by atoms with Crippen LogP contribution in [0.4, 0.5) is 3.89 Å². The van der Waals surface area contributed by atoms with Crippen LogP contribution in [0.2, 0.25) is 0 Å². The molecule has 94 valence electrons. The highest BCUT2D eigenvalue weighted by Gasteiger charge is 2.53. The zero-order valence-corrected chi connectivity index (χ0v) is 10.3. The van der Waals surface area contributed by atoms with Gasteiger partial charge in [0, 0.05) is 12.0 Å². The van der Waals surface area contributed by atoms with Gasteiger partial charge >= 0.3 is 10.2 Å². The highest BCUT2D eigenvalue weighted by Crippen LogP contribution is 2.48. The van der Waals surface area contributed by atoms with E-state index in [1.165, 1.54) is 0 Å². The molecule has 0 bridgehead atoms. The summed E-state index contributed by atoms with van der Waals surface area (Å²) in [6, 6.07) is 0. The summed E-state index contributed by atoms with van der Waals surface area (Å²) in [5, 5.41) is 0. The Balaban J connectivity index is 2.15. The number of halogens is 1. The SMILES string of the molecule is CC1(C)CC2(CCOC2CS(=O)(=O)F)CO1. The Labute approximate surface area is 95.3 Å². The van der Waals surface area contributed by atoms with Gasteiger partial charge in [-0.1, -0.05) is 0 Å². The Bertz CT molecular complexity index is 378. The lowest BCUT2D eigenvalue weighted by molar-refractivity contribution is 0.0222. The fourth-order valence-electron chi connectivity index (χ4n) is 2.80. The third kappa shape index (κ3) is 2.38. The summed E-state index contributed by atoms with van der Waals surface area (Å²) in [6.07, 6.45) is 0.904. The summed E-state index contributed by atoms with van der Waals surface area (Å²) < 4.78 is 45.1. The molecule has 0 aromatic heterocycles. The van der Waals surface area contributed by atoms with Crippen LogP contribution in [0.5, 0.6) is 0 Å². The molecule has 2 aliphatic rings. The van der Waals surface area contributed by atoms with Crippen LogP contribution in [0.15, 0.2) is 0 Å². The summed E-state index contributed by atoms with van der Waals surface area (Å²) in [5.41, 5.74) is -0.589. The van der Waals surface area contributed by atoms with E-state index < -0.39 is 22.1 Å². The molecular formula is C10H17FO4S. The Kier molecular flexibility index (Phi) is 2.79. The molecule has 0 aromatic rings. The van der Waals surface area contributed by atoms with Crippen molar-refractivity contribution in [1.82, 2.24) is 0 Å². The maximum Gasteiger partial charge on any atom is 0.304 e. The van der Waals surface area contributed by atoms with Gasteiger partial charge < -0.3 is 9.47 Å². The molecule has 1 spiro atoms. The summed E-state index contributed by atoms with van der Waals surface area (Å²) in [5.74, 6) is -0.549. The molecule has 2 heterocycles. The molecule has 2 unspecified atom stereocenters. The van der Waals surface area contributed by atoms with Crippen LogP contribution >= 0.6 is 0 Å². The fraction of sp³-hybridized carbons (Fsp3) is 1.00. The first kappa shape index (κ1) is 12.3. The van der Waals surface area contributed by atoms with Gasteiger partial charge in [-0.15, -0.1) is 3.89 Å². The van der Waals surface area contributed by atoms with E-state index in [9.17, 15) is 12.3 Å². The molecule has 2 atom stereocenters. The van der Waals surface area contributed by atoms with Crippen LogP contribution in [0.1, 0.15) is 26.7 Å². The van der Waals surface area contributed by atoms with E-state index in [4.69, 9.17) is 9.47 Å². The monoisotopic (exact) mass is 252 g/mol. The first-order valence-electron chi connectivity index (χ1n) is 5.40. The Hall–Kier alpha value is -0.200. The highest BCUT2D eigenvalue weighted by atomic mass is 32.3. The van der Waals surface area contributed by atoms with Crippen molar-refractivity contribution in [3.05, 3.63) is 0 Å². The normalized spacial score (nSPS) is 38.3. The van der Waals surface area contributed by atoms with Gasteiger partial charge in [0.25, 0.3) is 0 Å². The Morgan fingerprint density at radius 3 is 2.62 bits per heavy atom. The third-order valence-electron chi connectivity index (χ3n) is 3.48. The van der Waals surface area contributed by atoms with Crippen molar-refractivity contribution in [2.24, 2.45) is 5.41 Å². The van der Waals surface area contributed by atoms with Crippen molar-refractivity contribution in [3.63, 3.8) is 0 Å². The second-order valence-corrected chi connectivity index (χ2v) is 6.81. The van der Waals surface area contributed by atoms with Crippen LogP contribution in [0.3, 0.4) is 0 Å². The molecular weight excluding hydrogens is 235 g/mol. The molecule has 16 heavy (non-hydrogen) atoms. The van der Waals surface area contributed by atoms with Gasteiger partial charge in [-0.25, -0.2) is 0 Å². The van der Waals surface area contributed by atoms with E-state index in [1.54, 1.807) is 0 Å². The lowest BCUT2D eigenvalue weighted by Crippen LogP contribution is -2.37. The van der Waals surface area contributed by atoms with Crippen molar-refractivity contribution < 1.29 is 21.8 Å². The first-order valence-corrected chi connectivity index (χ1v) is 6.96. The van der Waals surface area contributed by atoms with Gasteiger partial charge in [-0.2, -0.15) is 8.42 Å². The van der Waals surface area contributed by atoms with Crippen molar-refractivity contribution in [2.75, 3.05) is 19.0 Å². The third-order valence-corrected chi connectivity index (χ3v) is 4.18. The molecule has 4 nitrogen and oxygen atoms in total. The molecule has 0 N–H and O–H groups in total. The second-order valence-electron chi connectivity index (χ2n) is 5.40. The lowest BCUT2D eigenvalue weighted by Gasteiger charge is -2.27. The van der Waals surface area contributed by atoms with Gasteiger partial charge in [0.1, 0.15) is 5.75 Å². The van der Waals surface area contributed by atoms with E-state index in [-0.39, 0.29) is 11.0 Å². The molecule has 2 rings (SSSR count). The number of hydrogen-bond acceptors (Lipinski definition) is 4. The minimum Gasteiger partial charge on any atom is -0.376 e. The van der Waals surface area contributed by atoms with Crippen LogP contribution in [0, 0.1) is 5.41 Å². The molecule has 2 saturated heterocycles. The standard InChI is InChI=1S/C10H17FO4S/c1-9(2)6-10(7-15-9)3-4-14-8(10)5-16(11,12)13/h8H,3-7H2,1-2H3. The van der Waals surface area contributed by atoms with E-state index in [1.807, 2.05) is 13.8 Å². The van der Waals surface area contributed by atoms with E-state index in [2.05, 4.69) is 0 Å². The predicted octanol–water partition coefficient (Wildman–Crippen LogP) is 1.26. The van der Waals surface area contributed by atoms with Crippen LogP contribution in [-0.2, 0) is 19.7 Å². The van der Waals surface area contributed by atoms with Crippen LogP contribution < -0.4 is 0 Å². The van der Waals surface area contributed by atoms with Crippen molar-refractivity contribution >= 4 is 10.2 Å². The molecule has 2 aliphatic heterocycles. The molecule has 0 amide bonds. The maximum absolute atomic E-state index is 12.7. The molecule has 2 fully saturated rings. The Morgan fingerprint density at radius 2 is 2.12 bits per heavy atom. The van der Waals surface area contributed by atoms with Crippen molar-refractivity contribution in [1.29, 1.82) is 0 Å². The number of hydrogen-bond donors (Lipinski definition) is 0. The summed E-state index contributed by atoms with van der Waals surface area (Å²) >= 11 is 0. The largest absolute Gasteiger partial charge is 0.376 e. The quantitative estimate of drug-likeness (QED) is 0.694. The van der Waals surface area contributed by atoms with Crippen LogP contribution in [-0.4, -0.2) is 39.1 Å². The van der Waals surface area contributed by atoms with Gasteiger partial charge in [-0.3, -0.25) is 0 Å². The van der Waals surface area contributed by atoms with E-state index in [0.29, 0.717) is 13.2 Å². The number of rotatable bonds is 2. The maximum atomic E-state index is 12.7. The second kappa shape index (κ2) is 3.65. The van der Waals surface area contributed by atoms with Gasteiger partial charge in [-0.05, 0) is 26.7 Å². The topological polar surface area (TPSA) is 52.6 Å². The van der Waals surface area contributed by atoms with Crippen LogP contribution in [0.25, 0.3) is 0 Å². The zero-order valence-electron chi connectivity index (χ0n) is 9.53. The van der Waals surface area contributed by atoms with Gasteiger partial charge in [0.05, 0.1) is 18.3 Å². The summed E-state index contributed by atoms with van der Waals surface area (Å²) in [6.45, 7) is 4.86. The van der Waals surface area contributed by atoms with Crippen molar-refractivity contribution in [3.8, 4) is 0 Å². The van der Waals surface area contributed by atoms with Crippen molar-refractivity contribution in [2.45, 2.75) is 38.4 Å². The average molecular weight is 252 g/mol. The first-order chi connectivity index (χ1) is 7.23. The van der Waals surface area contributed by atoms with E-state index >= 15 is 0 Å². The fourth-order valence-corrected chi connectivity index (χ4v) is 3.62. The molecule has 0 radical (unpaired) electrons. The van der Waals surface area contributed by atoms with Gasteiger partial charge in [0.15, 0.2) is 0 Å². The zero-order chi connectivity index (χ0) is 12.0. The molecule has 0 saturated carbocycles. The highest BCUT2D eigenvalue weighted by molar-refractivity contribution is 7.86. The van der Waals surface area contributed by atoms with E-state index in [0.717, 1.165) is 12.8 Å². The molecule has 6 heteroatoms. The lowest BCUT2D eigenvalue weighted by atomic mass is 9.77. The minimum atomic E-state index is -4.49. The minimum absolute atomic E-state index is 0.272. The number of ether oxygens (including phenoxy) is 2.